The number of amides is 3. The summed E-state index contributed by atoms with van der Waals surface area (Å²) in [7, 11) is 0. The molecule has 0 aliphatic heterocycles. The lowest BCUT2D eigenvalue weighted by atomic mass is 10.00. The van der Waals surface area contributed by atoms with Crippen LogP contribution >= 0.6 is 0 Å². The Morgan fingerprint density at radius 1 is 0.825 bits per heavy atom. The van der Waals surface area contributed by atoms with Gasteiger partial charge in [0, 0.05) is 29.9 Å². The number of carboxylic acid groups (broad SMARTS) is 1. The zero-order valence-electron chi connectivity index (χ0n) is 22.6. The third kappa shape index (κ3) is 8.39. The van der Waals surface area contributed by atoms with Crippen LogP contribution in [0.25, 0.3) is 10.9 Å². The van der Waals surface area contributed by atoms with Crippen LogP contribution in [0.3, 0.4) is 0 Å². The molecule has 3 rings (SSSR count). The predicted octanol–water partition coefficient (Wildman–Crippen LogP) is 0.858. The Labute approximate surface area is 232 Å². The van der Waals surface area contributed by atoms with Crippen molar-refractivity contribution in [2.75, 3.05) is 6.61 Å². The molecule has 0 radical (unpaired) electrons. The molecule has 0 aliphatic rings. The number of aromatic nitrogens is 1. The average Bonchev–Trinajstić information content (AvgIpc) is 3.34. The van der Waals surface area contributed by atoms with Gasteiger partial charge >= 0.3 is 5.97 Å². The third-order valence-electron chi connectivity index (χ3n) is 6.50. The number of nitrogens with one attached hydrogen (secondary N) is 4. The lowest BCUT2D eigenvalue weighted by Crippen LogP contribution is -2.58. The minimum absolute atomic E-state index is 0.00960. The Kier molecular flexibility index (Phi) is 10.8. The van der Waals surface area contributed by atoms with E-state index in [1.165, 1.54) is 0 Å². The fourth-order valence-corrected chi connectivity index (χ4v) is 4.39. The van der Waals surface area contributed by atoms with E-state index in [9.17, 15) is 29.4 Å². The van der Waals surface area contributed by atoms with E-state index < -0.39 is 54.5 Å². The van der Waals surface area contributed by atoms with Gasteiger partial charge in [0.15, 0.2) is 0 Å². The molecule has 0 aliphatic carbocycles. The first-order chi connectivity index (χ1) is 19.1. The van der Waals surface area contributed by atoms with Crippen LogP contribution in [-0.4, -0.2) is 69.7 Å². The molecule has 0 saturated carbocycles. The van der Waals surface area contributed by atoms with Gasteiger partial charge < -0.3 is 36.9 Å². The van der Waals surface area contributed by atoms with Crippen LogP contribution < -0.4 is 21.7 Å². The predicted molar refractivity (Wildman–Crippen MR) is 150 cm³/mol. The number of para-hydroxylation sites is 1. The van der Waals surface area contributed by atoms with Crippen molar-refractivity contribution < 1.29 is 29.4 Å². The van der Waals surface area contributed by atoms with E-state index in [0.29, 0.717) is 0 Å². The fraction of sp³-hybridized carbons (Fsp3) is 0.379. The first-order valence-corrected chi connectivity index (χ1v) is 13.2. The highest BCUT2D eigenvalue weighted by atomic mass is 16.4. The monoisotopic (exact) mass is 551 g/mol. The Morgan fingerprint density at radius 3 is 2.08 bits per heavy atom. The van der Waals surface area contributed by atoms with E-state index in [2.05, 4.69) is 20.9 Å². The molecule has 0 fully saturated rings. The molecule has 11 nitrogen and oxygen atoms in total. The van der Waals surface area contributed by atoms with E-state index in [-0.39, 0.29) is 25.2 Å². The maximum Gasteiger partial charge on any atom is 0.326 e. The van der Waals surface area contributed by atoms with Crippen LogP contribution in [0.2, 0.25) is 0 Å². The van der Waals surface area contributed by atoms with Crippen molar-refractivity contribution in [3.05, 3.63) is 71.9 Å². The lowest BCUT2D eigenvalue weighted by Gasteiger charge is -2.26. The number of fused-ring (bicyclic) bond motifs is 1. The second-order valence-corrected chi connectivity index (χ2v) is 10.2. The lowest BCUT2D eigenvalue weighted by molar-refractivity contribution is -0.142. The van der Waals surface area contributed by atoms with Crippen molar-refractivity contribution in [2.45, 2.75) is 57.3 Å². The molecule has 0 bridgehead atoms. The summed E-state index contributed by atoms with van der Waals surface area (Å²) >= 11 is 0. The van der Waals surface area contributed by atoms with Gasteiger partial charge in [0.2, 0.25) is 17.7 Å². The van der Waals surface area contributed by atoms with Crippen molar-refractivity contribution in [2.24, 2.45) is 11.7 Å². The molecule has 40 heavy (non-hydrogen) atoms. The SMILES string of the molecule is CC(C)CC(NC(=O)C(N)CO)C(=O)NC(Cc1ccccc1)C(=O)NC(Cc1c[nH]c2ccccc12)C(=O)O. The maximum atomic E-state index is 13.5. The summed E-state index contributed by atoms with van der Waals surface area (Å²) in [6.45, 7) is 3.15. The van der Waals surface area contributed by atoms with E-state index in [1.54, 1.807) is 30.5 Å². The zero-order chi connectivity index (χ0) is 29.2. The second-order valence-electron chi connectivity index (χ2n) is 10.2. The molecule has 2 aromatic carbocycles. The number of aromatic amines is 1. The maximum absolute atomic E-state index is 13.5. The van der Waals surface area contributed by atoms with Crippen molar-refractivity contribution in [1.82, 2.24) is 20.9 Å². The molecule has 1 heterocycles. The number of aliphatic hydroxyl groups is 1. The number of aliphatic carboxylic acids is 1. The van der Waals surface area contributed by atoms with Gasteiger partial charge in [-0.05, 0) is 29.5 Å². The topological polar surface area (TPSA) is 187 Å². The quantitative estimate of drug-likeness (QED) is 0.155. The Bertz CT molecular complexity index is 1310. The number of carbonyl (C=O) groups excluding carboxylic acids is 3. The highest BCUT2D eigenvalue weighted by Gasteiger charge is 2.31. The molecular formula is C29H37N5O6. The van der Waals surface area contributed by atoms with Crippen LogP contribution in [0.15, 0.2) is 60.8 Å². The first kappa shape index (κ1) is 30.3. The fourth-order valence-electron chi connectivity index (χ4n) is 4.39. The summed E-state index contributed by atoms with van der Waals surface area (Å²) in [5, 5.41) is 27.8. The highest BCUT2D eigenvalue weighted by Crippen LogP contribution is 2.19. The molecule has 3 amide bonds. The summed E-state index contributed by atoms with van der Waals surface area (Å²) in [4.78, 5) is 54.4. The van der Waals surface area contributed by atoms with Crippen LogP contribution in [0.5, 0.6) is 0 Å². The molecule has 1 aromatic heterocycles. The van der Waals surface area contributed by atoms with Gasteiger partial charge in [0.25, 0.3) is 0 Å². The van der Waals surface area contributed by atoms with Crippen molar-refractivity contribution in [3.63, 3.8) is 0 Å². The molecule has 214 valence electrons. The molecule has 3 aromatic rings. The van der Waals surface area contributed by atoms with Crippen LogP contribution in [-0.2, 0) is 32.0 Å². The Morgan fingerprint density at radius 2 is 1.43 bits per heavy atom. The number of nitrogens with two attached hydrogens (primary N) is 1. The summed E-state index contributed by atoms with van der Waals surface area (Å²) < 4.78 is 0. The number of aliphatic hydroxyl groups excluding tert-OH is 1. The van der Waals surface area contributed by atoms with Crippen LogP contribution in [0.1, 0.15) is 31.4 Å². The molecule has 8 N–H and O–H groups in total. The Balaban J connectivity index is 1.81. The molecule has 0 spiro atoms. The number of hydrogen-bond donors (Lipinski definition) is 7. The largest absolute Gasteiger partial charge is 0.480 e. The van der Waals surface area contributed by atoms with Crippen molar-refractivity contribution in [1.29, 1.82) is 0 Å². The molecular weight excluding hydrogens is 514 g/mol. The number of H-pyrrole nitrogens is 1. The Hall–Kier alpha value is -4.22. The van der Waals surface area contributed by atoms with Crippen LogP contribution in [0, 0.1) is 5.92 Å². The number of carboxylic acids is 1. The van der Waals surface area contributed by atoms with Gasteiger partial charge in [-0.25, -0.2) is 4.79 Å². The summed E-state index contributed by atoms with van der Waals surface area (Å²) in [6, 6.07) is 11.8. The van der Waals surface area contributed by atoms with E-state index in [4.69, 9.17) is 5.73 Å². The standard InChI is InChI=1S/C29H37N5O6/c1-17(2)12-23(32-26(36)21(30)16-35)27(37)33-24(13-18-8-4-3-5-9-18)28(38)34-25(29(39)40)14-19-15-31-22-11-7-6-10-20(19)22/h3-11,15,17,21,23-25,31,35H,12-14,16,30H2,1-2H3,(H,32,36)(H,33,37)(H,34,38)(H,39,40). The van der Waals surface area contributed by atoms with Crippen LogP contribution in [0.4, 0.5) is 0 Å². The normalized spacial score (nSPS) is 14.2. The van der Waals surface area contributed by atoms with Gasteiger partial charge in [-0.2, -0.15) is 0 Å². The first-order valence-electron chi connectivity index (χ1n) is 13.2. The van der Waals surface area contributed by atoms with E-state index in [1.807, 2.05) is 44.2 Å². The number of rotatable bonds is 14. The summed E-state index contributed by atoms with van der Waals surface area (Å²) in [6.07, 6.45) is 2.10. The van der Waals surface area contributed by atoms with Gasteiger partial charge in [0.1, 0.15) is 24.2 Å². The van der Waals surface area contributed by atoms with E-state index in [0.717, 1.165) is 22.0 Å². The molecule has 0 saturated heterocycles. The molecule has 4 unspecified atom stereocenters. The highest BCUT2D eigenvalue weighted by molar-refractivity contribution is 5.94. The van der Waals surface area contributed by atoms with Gasteiger partial charge in [-0.1, -0.05) is 62.4 Å². The minimum Gasteiger partial charge on any atom is -0.480 e. The molecule has 11 heteroatoms. The van der Waals surface area contributed by atoms with Gasteiger partial charge in [-0.15, -0.1) is 0 Å². The van der Waals surface area contributed by atoms with Gasteiger partial charge in [0.05, 0.1) is 6.61 Å². The average molecular weight is 552 g/mol. The summed E-state index contributed by atoms with van der Waals surface area (Å²) in [5.41, 5.74) is 7.93. The van der Waals surface area contributed by atoms with Gasteiger partial charge in [-0.3, -0.25) is 14.4 Å². The second kappa shape index (κ2) is 14.2. The summed E-state index contributed by atoms with van der Waals surface area (Å²) in [5.74, 6) is -3.20. The number of hydrogen-bond acceptors (Lipinski definition) is 6. The number of benzene rings is 2. The minimum atomic E-state index is -1.25. The molecule has 4 atom stereocenters. The number of carbonyl (C=O) groups is 4. The van der Waals surface area contributed by atoms with Crippen molar-refractivity contribution >= 4 is 34.6 Å². The smallest absolute Gasteiger partial charge is 0.326 e. The van der Waals surface area contributed by atoms with E-state index >= 15 is 0 Å². The zero-order valence-corrected chi connectivity index (χ0v) is 22.6. The van der Waals surface area contributed by atoms with Crippen molar-refractivity contribution in [3.8, 4) is 0 Å². The third-order valence-corrected chi connectivity index (χ3v) is 6.50.